The largest absolute Gasteiger partial charge is 0.314 e. The van der Waals surface area contributed by atoms with Gasteiger partial charge in [-0.15, -0.1) is 12.4 Å². The Morgan fingerprint density at radius 1 is 1.21 bits per heavy atom. The molecule has 1 heterocycles. The normalized spacial score (nSPS) is 17.0. The van der Waals surface area contributed by atoms with Crippen LogP contribution in [0.4, 0.5) is 4.39 Å². The van der Waals surface area contributed by atoms with Gasteiger partial charge in [0.1, 0.15) is 4.90 Å². The van der Waals surface area contributed by atoms with Gasteiger partial charge in [0.25, 0.3) is 0 Å². The van der Waals surface area contributed by atoms with Crippen LogP contribution >= 0.6 is 35.6 Å². The summed E-state index contributed by atoms with van der Waals surface area (Å²) in [5.41, 5.74) is 0. The minimum absolute atomic E-state index is 0. The average molecular weight is 350 g/mol. The monoisotopic (exact) mass is 348 g/mol. The topological polar surface area (TPSA) is 49.4 Å². The first kappa shape index (κ1) is 16.9. The molecule has 1 aromatic carbocycles. The molecule has 0 amide bonds. The molecule has 0 radical (unpaired) electrons. The first-order valence-electron chi connectivity index (χ1n) is 5.29. The zero-order valence-corrected chi connectivity index (χ0v) is 12.8. The Morgan fingerprint density at radius 2 is 1.79 bits per heavy atom. The average Bonchev–Trinajstić information content (AvgIpc) is 2.37. The second-order valence-corrected chi connectivity index (χ2v) is 6.52. The molecule has 0 spiro atoms. The van der Waals surface area contributed by atoms with Crippen molar-refractivity contribution in [2.75, 3.05) is 26.2 Å². The molecule has 1 aliphatic heterocycles. The van der Waals surface area contributed by atoms with E-state index in [1.165, 1.54) is 16.4 Å². The van der Waals surface area contributed by atoms with Gasteiger partial charge in [0.15, 0.2) is 5.82 Å². The number of nitrogens with one attached hydrogen (secondary N) is 1. The fourth-order valence-electron chi connectivity index (χ4n) is 1.73. The Kier molecular flexibility index (Phi) is 5.85. The summed E-state index contributed by atoms with van der Waals surface area (Å²) < 4.78 is 39.4. The van der Waals surface area contributed by atoms with Gasteiger partial charge < -0.3 is 5.32 Å². The second kappa shape index (κ2) is 6.56. The highest BCUT2D eigenvalue weighted by atomic mass is 35.5. The molecule has 0 unspecified atom stereocenters. The Hall–Kier alpha value is -0.110. The molecule has 0 aliphatic carbocycles. The van der Waals surface area contributed by atoms with Crippen LogP contribution in [0.2, 0.25) is 10.0 Å². The minimum atomic E-state index is -3.77. The second-order valence-electron chi connectivity index (χ2n) is 3.83. The maximum atomic E-state index is 13.5. The van der Waals surface area contributed by atoms with Crippen molar-refractivity contribution in [1.82, 2.24) is 9.62 Å². The smallest absolute Gasteiger partial charge is 0.244 e. The van der Waals surface area contributed by atoms with Gasteiger partial charge in [-0.1, -0.05) is 23.2 Å². The lowest BCUT2D eigenvalue weighted by Crippen LogP contribution is -2.46. The van der Waals surface area contributed by atoms with E-state index in [1.54, 1.807) is 0 Å². The first-order valence-corrected chi connectivity index (χ1v) is 7.48. The van der Waals surface area contributed by atoms with E-state index >= 15 is 0 Å². The Bertz CT molecular complexity index is 562. The molecular formula is C10H12Cl3FN2O2S. The number of hydrogen-bond acceptors (Lipinski definition) is 3. The van der Waals surface area contributed by atoms with E-state index in [4.69, 9.17) is 23.2 Å². The van der Waals surface area contributed by atoms with E-state index in [-0.39, 0.29) is 22.3 Å². The van der Waals surface area contributed by atoms with Crippen LogP contribution in [-0.4, -0.2) is 38.9 Å². The van der Waals surface area contributed by atoms with Crippen molar-refractivity contribution >= 4 is 45.6 Å². The van der Waals surface area contributed by atoms with Gasteiger partial charge in [-0.2, -0.15) is 4.31 Å². The molecule has 0 bridgehead atoms. The molecule has 1 saturated heterocycles. The third-order valence-corrected chi connectivity index (χ3v) is 5.41. The van der Waals surface area contributed by atoms with E-state index < -0.39 is 20.9 Å². The van der Waals surface area contributed by atoms with Crippen LogP contribution in [0.15, 0.2) is 17.0 Å². The number of piperazine rings is 1. The predicted octanol–water partition coefficient (Wildman–Crippen LogP) is 2.15. The predicted molar refractivity (Wildman–Crippen MR) is 75.3 cm³/mol. The van der Waals surface area contributed by atoms with Gasteiger partial charge >= 0.3 is 0 Å². The van der Waals surface area contributed by atoms with Crippen molar-refractivity contribution in [1.29, 1.82) is 0 Å². The molecule has 4 nitrogen and oxygen atoms in total. The summed E-state index contributed by atoms with van der Waals surface area (Å²) in [6.45, 7) is 1.80. The molecule has 1 N–H and O–H groups in total. The number of rotatable bonds is 2. The van der Waals surface area contributed by atoms with Crippen molar-refractivity contribution in [3.8, 4) is 0 Å². The molecule has 0 atom stereocenters. The summed E-state index contributed by atoms with van der Waals surface area (Å²) in [6.07, 6.45) is 0. The summed E-state index contributed by atoms with van der Waals surface area (Å²) in [5.74, 6) is -0.908. The number of halogens is 4. The molecule has 1 aliphatic rings. The lowest BCUT2D eigenvalue weighted by atomic mass is 10.3. The summed E-state index contributed by atoms with van der Waals surface area (Å²) >= 11 is 11.3. The SMILES string of the molecule is Cl.O=S(=O)(c1ccc(Cl)c(F)c1Cl)N1CCNCC1. The maximum absolute atomic E-state index is 13.5. The van der Waals surface area contributed by atoms with E-state index in [2.05, 4.69) is 5.32 Å². The van der Waals surface area contributed by atoms with Gasteiger partial charge in [-0.25, -0.2) is 12.8 Å². The van der Waals surface area contributed by atoms with Crippen LogP contribution in [0.3, 0.4) is 0 Å². The van der Waals surface area contributed by atoms with E-state index in [0.29, 0.717) is 26.2 Å². The molecule has 2 rings (SSSR count). The molecule has 0 aromatic heterocycles. The summed E-state index contributed by atoms with van der Waals surface area (Å²) in [5, 5.41) is 2.39. The number of sulfonamides is 1. The summed E-state index contributed by atoms with van der Waals surface area (Å²) in [4.78, 5) is -0.243. The van der Waals surface area contributed by atoms with Crippen LogP contribution in [-0.2, 0) is 10.0 Å². The molecule has 1 aromatic rings. The molecule has 1 fully saturated rings. The van der Waals surface area contributed by atoms with E-state index in [0.717, 1.165) is 0 Å². The Labute approximate surface area is 127 Å². The maximum Gasteiger partial charge on any atom is 0.244 e. The van der Waals surface area contributed by atoms with Crippen LogP contribution in [0.5, 0.6) is 0 Å². The van der Waals surface area contributed by atoms with Crippen molar-refractivity contribution in [2.24, 2.45) is 0 Å². The van der Waals surface area contributed by atoms with Crippen LogP contribution < -0.4 is 5.32 Å². The highest BCUT2D eigenvalue weighted by molar-refractivity contribution is 7.89. The first-order chi connectivity index (χ1) is 8.44. The summed E-state index contributed by atoms with van der Waals surface area (Å²) in [6, 6.07) is 2.42. The van der Waals surface area contributed by atoms with Crippen LogP contribution in [0.1, 0.15) is 0 Å². The molecule has 108 valence electrons. The van der Waals surface area contributed by atoms with Crippen molar-refractivity contribution in [3.05, 3.63) is 28.0 Å². The quantitative estimate of drug-likeness (QED) is 0.832. The van der Waals surface area contributed by atoms with Crippen molar-refractivity contribution in [3.63, 3.8) is 0 Å². The van der Waals surface area contributed by atoms with Crippen LogP contribution in [0, 0.1) is 5.82 Å². The van der Waals surface area contributed by atoms with Crippen LogP contribution in [0.25, 0.3) is 0 Å². The molecular weight excluding hydrogens is 338 g/mol. The third-order valence-electron chi connectivity index (χ3n) is 2.69. The van der Waals surface area contributed by atoms with Gasteiger partial charge in [0.05, 0.1) is 10.0 Å². The molecule has 9 heteroatoms. The highest BCUT2D eigenvalue weighted by Crippen LogP contribution is 2.31. The minimum Gasteiger partial charge on any atom is -0.314 e. The highest BCUT2D eigenvalue weighted by Gasteiger charge is 2.29. The fourth-order valence-corrected chi connectivity index (χ4v) is 3.89. The third kappa shape index (κ3) is 3.32. The lowest BCUT2D eigenvalue weighted by molar-refractivity contribution is 0.360. The van der Waals surface area contributed by atoms with Gasteiger partial charge in [-0.05, 0) is 12.1 Å². The lowest BCUT2D eigenvalue weighted by Gasteiger charge is -2.27. The Balaban J connectivity index is 0.00000180. The van der Waals surface area contributed by atoms with Gasteiger partial charge in [-0.3, -0.25) is 0 Å². The fraction of sp³-hybridized carbons (Fsp3) is 0.400. The number of hydrogen-bond donors (Lipinski definition) is 1. The van der Waals surface area contributed by atoms with Crippen molar-refractivity contribution < 1.29 is 12.8 Å². The summed E-state index contributed by atoms with van der Waals surface area (Å²) in [7, 11) is -3.77. The van der Waals surface area contributed by atoms with E-state index in [1.807, 2.05) is 0 Å². The standard InChI is InChI=1S/C10H11Cl2FN2O2S.ClH/c11-7-1-2-8(9(12)10(7)13)18(16,17)15-5-3-14-4-6-15;/h1-2,14H,3-6H2;1H. The van der Waals surface area contributed by atoms with Gasteiger partial charge in [0.2, 0.25) is 10.0 Å². The van der Waals surface area contributed by atoms with Gasteiger partial charge in [0, 0.05) is 26.2 Å². The van der Waals surface area contributed by atoms with Crippen molar-refractivity contribution in [2.45, 2.75) is 4.90 Å². The van der Waals surface area contributed by atoms with E-state index in [9.17, 15) is 12.8 Å². The zero-order chi connectivity index (χ0) is 13.3. The zero-order valence-electron chi connectivity index (χ0n) is 9.70. The molecule has 0 saturated carbocycles. The number of benzene rings is 1. The molecule has 19 heavy (non-hydrogen) atoms. The Morgan fingerprint density at radius 3 is 2.37 bits per heavy atom. The number of nitrogens with zero attached hydrogens (tertiary/aromatic N) is 1.